The van der Waals surface area contributed by atoms with Crippen LogP contribution in [0.3, 0.4) is 0 Å². The van der Waals surface area contributed by atoms with Crippen LogP contribution in [-0.2, 0) is 20.7 Å². The van der Waals surface area contributed by atoms with Crippen LogP contribution in [0.1, 0.15) is 24.1 Å². The summed E-state index contributed by atoms with van der Waals surface area (Å²) in [6.07, 6.45) is 1.43. The van der Waals surface area contributed by atoms with Crippen molar-refractivity contribution >= 4 is 11.9 Å². The van der Waals surface area contributed by atoms with Gasteiger partial charge in [0.1, 0.15) is 0 Å². The normalized spacial score (nSPS) is 14.7. The maximum atomic E-state index is 12.3. The van der Waals surface area contributed by atoms with Gasteiger partial charge >= 0.3 is 0 Å². The number of nitrogens with zero attached hydrogens (tertiary/aromatic N) is 2. The Morgan fingerprint density at radius 1 is 1.42 bits per heavy atom. The molecule has 2 N–H and O–H groups in total. The molecule has 2 rings (SSSR count). The summed E-state index contributed by atoms with van der Waals surface area (Å²) in [6, 6.07) is 0. The number of aromatic amines is 1. The average molecular weight is 338 g/mol. The number of aromatic nitrogens is 2. The number of methoxy groups -OCH3 is 1. The Bertz CT molecular complexity index is 596. The highest BCUT2D eigenvalue weighted by Gasteiger charge is 2.16. The Morgan fingerprint density at radius 2 is 2.17 bits per heavy atom. The number of nitrogens with one attached hydrogen (secondary N) is 2. The summed E-state index contributed by atoms with van der Waals surface area (Å²) in [7, 11) is 1.63. The first-order valence-corrected chi connectivity index (χ1v) is 8.30. The predicted molar refractivity (Wildman–Crippen MR) is 90.5 cm³/mol. The third-order valence-electron chi connectivity index (χ3n) is 3.97. The first-order valence-electron chi connectivity index (χ1n) is 8.30. The van der Waals surface area contributed by atoms with Crippen LogP contribution < -0.4 is 15.8 Å². The molecule has 1 amide bonds. The van der Waals surface area contributed by atoms with E-state index >= 15 is 0 Å². The maximum Gasteiger partial charge on any atom is 0.255 e. The summed E-state index contributed by atoms with van der Waals surface area (Å²) in [5.41, 5.74) is 1.07. The lowest BCUT2D eigenvalue weighted by Crippen LogP contribution is -2.38. The zero-order chi connectivity index (χ0) is 17.4. The minimum atomic E-state index is -0.170. The largest absolute Gasteiger partial charge is 0.385 e. The summed E-state index contributed by atoms with van der Waals surface area (Å²) in [4.78, 5) is 33.4. The smallest absolute Gasteiger partial charge is 0.255 e. The second kappa shape index (κ2) is 9.39. The van der Waals surface area contributed by atoms with Crippen LogP contribution in [0.25, 0.3) is 0 Å². The van der Waals surface area contributed by atoms with Crippen molar-refractivity contribution < 1.29 is 14.3 Å². The number of hydrogen-bond acceptors (Lipinski definition) is 6. The van der Waals surface area contributed by atoms with Crippen molar-refractivity contribution in [2.45, 2.75) is 26.2 Å². The van der Waals surface area contributed by atoms with Crippen molar-refractivity contribution in [3.8, 4) is 0 Å². The molecule has 0 unspecified atom stereocenters. The Balaban J connectivity index is 1.91. The SMILES string of the molecule is COCCCNC(=O)CCc1c(C)nc(N2CCOCC2)[nH]c1=O. The van der Waals surface area contributed by atoms with E-state index in [4.69, 9.17) is 9.47 Å². The lowest BCUT2D eigenvalue weighted by molar-refractivity contribution is -0.121. The van der Waals surface area contributed by atoms with Gasteiger partial charge in [0.2, 0.25) is 11.9 Å². The number of H-pyrrole nitrogens is 1. The summed E-state index contributed by atoms with van der Waals surface area (Å²) >= 11 is 0. The van der Waals surface area contributed by atoms with E-state index in [0.717, 1.165) is 6.42 Å². The molecule has 0 aliphatic carbocycles. The second-order valence-electron chi connectivity index (χ2n) is 5.75. The fourth-order valence-corrected chi connectivity index (χ4v) is 2.59. The van der Waals surface area contributed by atoms with Crippen molar-refractivity contribution in [3.63, 3.8) is 0 Å². The molecule has 1 aromatic rings. The number of hydrogen-bond donors (Lipinski definition) is 2. The molecule has 2 heterocycles. The molecule has 1 aliphatic rings. The van der Waals surface area contributed by atoms with Gasteiger partial charge in [-0.05, 0) is 19.8 Å². The van der Waals surface area contributed by atoms with Gasteiger partial charge in [-0.3, -0.25) is 14.6 Å². The van der Waals surface area contributed by atoms with Crippen molar-refractivity contribution in [2.75, 3.05) is 51.5 Å². The van der Waals surface area contributed by atoms with Crippen LogP contribution in [0, 0.1) is 6.92 Å². The number of carbonyl (C=O) groups excluding carboxylic acids is 1. The van der Waals surface area contributed by atoms with Gasteiger partial charge in [0.25, 0.3) is 5.56 Å². The average Bonchev–Trinajstić information content (AvgIpc) is 2.58. The summed E-state index contributed by atoms with van der Waals surface area (Å²) in [5, 5.41) is 2.82. The third-order valence-corrected chi connectivity index (χ3v) is 3.97. The molecule has 0 bridgehead atoms. The van der Waals surface area contributed by atoms with Crippen LogP contribution in [0.4, 0.5) is 5.95 Å². The van der Waals surface area contributed by atoms with Crippen molar-refractivity contribution in [2.24, 2.45) is 0 Å². The van der Waals surface area contributed by atoms with Crippen LogP contribution in [0.2, 0.25) is 0 Å². The Kier molecular flexibility index (Phi) is 7.20. The van der Waals surface area contributed by atoms with E-state index in [1.54, 1.807) is 7.11 Å². The fourth-order valence-electron chi connectivity index (χ4n) is 2.59. The second-order valence-corrected chi connectivity index (χ2v) is 5.75. The standard InChI is InChI=1S/C16H26N4O4/c1-12-13(4-5-14(21)17-6-3-9-23-2)15(22)19-16(18-12)20-7-10-24-11-8-20/h3-11H2,1-2H3,(H,17,21)(H,18,19,22). The van der Waals surface area contributed by atoms with Gasteiger partial charge in [0.15, 0.2) is 0 Å². The number of morpholine rings is 1. The van der Waals surface area contributed by atoms with E-state index in [-0.39, 0.29) is 17.9 Å². The lowest BCUT2D eigenvalue weighted by atomic mass is 10.1. The van der Waals surface area contributed by atoms with Gasteiger partial charge < -0.3 is 19.7 Å². The minimum absolute atomic E-state index is 0.0674. The van der Waals surface area contributed by atoms with Crippen molar-refractivity contribution in [3.05, 3.63) is 21.6 Å². The third kappa shape index (κ3) is 5.31. The van der Waals surface area contributed by atoms with Crippen LogP contribution in [-0.4, -0.2) is 62.4 Å². The monoisotopic (exact) mass is 338 g/mol. The molecule has 1 saturated heterocycles. The Labute approximate surface area is 141 Å². The van der Waals surface area contributed by atoms with Gasteiger partial charge in [-0.15, -0.1) is 0 Å². The van der Waals surface area contributed by atoms with Crippen LogP contribution in [0.5, 0.6) is 0 Å². The number of anilines is 1. The first-order chi connectivity index (χ1) is 11.6. The van der Waals surface area contributed by atoms with E-state index in [1.807, 2.05) is 11.8 Å². The molecule has 1 aliphatic heterocycles. The summed E-state index contributed by atoms with van der Waals surface area (Å²) < 4.78 is 10.2. The van der Waals surface area contributed by atoms with Gasteiger partial charge in [0, 0.05) is 51.0 Å². The van der Waals surface area contributed by atoms with Crippen molar-refractivity contribution in [1.29, 1.82) is 0 Å². The molecule has 1 fully saturated rings. The highest BCUT2D eigenvalue weighted by Crippen LogP contribution is 2.11. The molecule has 1 aromatic heterocycles. The zero-order valence-corrected chi connectivity index (χ0v) is 14.4. The quantitative estimate of drug-likeness (QED) is 0.648. The molecule has 8 heteroatoms. The van der Waals surface area contributed by atoms with E-state index in [9.17, 15) is 9.59 Å². The maximum absolute atomic E-state index is 12.3. The zero-order valence-electron chi connectivity index (χ0n) is 14.4. The number of amides is 1. The van der Waals surface area contributed by atoms with Crippen LogP contribution >= 0.6 is 0 Å². The predicted octanol–water partition coefficient (Wildman–Crippen LogP) is 0.000220. The van der Waals surface area contributed by atoms with Crippen molar-refractivity contribution in [1.82, 2.24) is 15.3 Å². The number of aryl methyl sites for hydroxylation is 1. The molecular weight excluding hydrogens is 312 g/mol. The molecule has 134 valence electrons. The summed E-state index contributed by atoms with van der Waals surface area (Å²) in [6.45, 7) is 5.70. The first kappa shape index (κ1) is 18.4. The topological polar surface area (TPSA) is 96.5 Å². The van der Waals surface area contributed by atoms with E-state index in [1.165, 1.54) is 0 Å². The van der Waals surface area contributed by atoms with Gasteiger partial charge in [-0.25, -0.2) is 4.98 Å². The Morgan fingerprint density at radius 3 is 2.83 bits per heavy atom. The molecule has 24 heavy (non-hydrogen) atoms. The highest BCUT2D eigenvalue weighted by molar-refractivity contribution is 5.76. The molecular formula is C16H26N4O4. The van der Waals surface area contributed by atoms with Gasteiger partial charge in [0.05, 0.1) is 13.2 Å². The number of rotatable bonds is 8. The molecule has 0 spiro atoms. The molecule has 0 atom stereocenters. The van der Waals surface area contributed by atoms with Crippen LogP contribution in [0.15, 0.2) is 4.79 Å². The summed E-state index contributed by atoms with van der Waals surface area (Å²) in [5.74, 6) is 0.510. The highest BCUT2D eigenvalue weighted by atomic mass is 16.5. The van der Waals surface area contributed by atoms with Gasteiger partial charge in [-0.1, -0.05) is 0 Å². The van der Waals surface area contributed by atoms with Gasteiger partial charge in [-0.2, -0.15) is 0 Å². The fraction of sp³-hybridized carbons (Fsp3) is 0.688. The number of ether oxygens (including phenoxy) is 2. The number of carbonyl (C=O) groups is 1. The molecule has 8 nitrogen and oxygen atoms in total. The van der Waals surface area contributed by atoms with E-state index in [2.05, 4.69) is 15.3 Å². The Hall–Kier alpha value is -1.93. The molecule has 0 radical (unpaired) electrons. The molecule has 0 saturated carbocycles. The molecule has 0 aromatic carbocycles. The minimum Gasteiger partial charge on any atom is -0.385 e. The van der Waals surface area contributed by atoms with E-state index in [0.29, 0.717) is 63.1 Å². The van der Waals surface area contributed by atoms with E-state index < -0.39 is 0 Å². The lowest BCUT2D eigenvalue weighted by Gasteiger charge is -2.27.